The Morgan fingerprint density at radius 3 is 2.52 bits per heavy atom. The normalized spacial score (nSPS) is 10.3. The van der Waals surface area contributed by atoms with E-state index >= 15 is 0 Å². The molecular weight excluding hydrogens is 298 g/mol. The molecule has 0 heterocycles. The third-order valence-corrected chi connectivity index (χ3v) is 2.80. The van der Waals surface area contributed by atoms with Crippen molar-refractivity contribution in [3.8, 4) is 11.5 Å². The molecule has 7 heteroatoms. The van der Waals surface area contributed by atoms with Crippen molar-refractivity contribution in [2.45, 2.75) is 0 Å². The summed E-state index contributed by atoms with van der Waals surface area (Å²) < 4.78 is 5.00. The molecule has 0 saturated carbocycles. The number of ether oxygens (including phenoxy) is 1. The molecule has 7 nitrogen and oxygen atoms in total. The molecule has 0 bridgehead atoms. The Morgan fingerprint density at radius 2 is 1.87 bits per heavy atom. The minimum absolute atomic E-state index is 0.0810. The minimum Gasteiger partial charge on any atom is -0.508 e. The van der Waals surface area contributed by atoms with Crippen molar-refractivity contribution in [1.82, 2.24) is 5.43 Å². The van der Waals surface area contributed by atoms with E-state index in [0.29, 0.717) is 17.0 Å². The van der Waals surface area contributed by atoms with E-state index in [1.807, 2.05) is 0 Å². The molecule has 0 spiro atoms. The lowest BCUT2D eigenvalue weighted by atomic mass is 10.2. The van der Waals surface area contributed by atoms with Crippen LogP contribution in [0, 0.1) is 0 Å². The van der Waals surface area contributed by atoms with Gasteiger partial charge in [0, 0.05) is 5.69 Å². The third-order valence-electron chi connectivity index (χ3n) is 2.80. The Kier molecular flexibility index (Phi) is 5.30. The summed E-state index contributed by atoms with van der Waals surface area (Å²) in [4.78, 5) is 23.3. The number of phenolic OH excluding ortho intramolecular Hbond substituents is 1. The largest absolute Gasteiger partial charge is 0.508 e. The molecule has 0 atom stereocenters. The molecule has 3 N–H and O–H groups in total. The second-order valence-corrected chi connectivity index (χ2v) is 4.48. The fraction of sp³-hybridized carbons (Fsp3) is 0.0625. The number of aromatic hydroxyl groups is 1. The van der Waals surface area contributed by atoms with Gasteiger partial charge in [0.15, 0.2) is 0 Å². The number of amides is 2. The zero-order valence-electron chi connectivity index (χ0n) is 12.3. The van der Waals surface area contributed by atoms with E-state index < -0.39 is 11.8 Å². The summed E-state index contributed by atoms with van der Waals surface area (Å²) in [6.07, 6.45) is 1.32. The number of hydrogen-bond acceptors (Lipinski definition) is 5. The van der Waals surface area contributed by atoms with Crippen LogP contribution in [0.3, 0.4) is 0 Å². The van der Waals surface area contributed by atoms with Gasteiger partial charge in [-0.3, -0.25) is 9.59 Å². The number of carbonyl (C=O) groups is 2. The van der Waals surface area contributed by atoms with Gasteiger partial charge in [-0.25, -0.2) is 5.43 Å². The minimum atomic E-state index is -0.905. The second kappa shape index (κ2) is 7.60. The molecule has 0 saturated heterocycles. The summed E-state index contributed by atoms with van der Waals surface area (Å²) in [7, 11) is 1.53. The molecule has 23 heavy (non-hydrogen) atoms. The monoisotopic (exact) mass is 313 g/mol. The van der Waals surface area contributed by atoms with Crippen molar-refractivity contribution in [3.05, 3.63) is 54.1 Å². The highest BCUT2D eigenvalue weighted by Crippen LogP contribution is 2.14. The van der Waals surface area contributed by atoms with Crippen LogP contribution in [0.2, 0.25) is 0 Å². The van der Waals surface area contributed by atoms with Crippen LogP contribution in [-0.2, 0) is 9.59 Å². The first-order chi connectivity index (χ1) is 11.1. The van der Waals surface area contributed by atoms with Crippen LogP contribution in [0.4, 0.5) is 5.69 Å². The van der Waals surface area contributed by atoms with Gasteiger partial charge in [0.1, 0.15) is 11.5 Å². The van der Waals surface area contributed by atoms with Crippen LogP contribution in [0.25, 0.3) is 0 Å². The Bertz CT molecular complexity index is 726. The number of phenols is 1. The number of carbonyl (C=O) groups excluding carboxylic acids is 2. The molecular formula is C16H15N3O4. The van der Waals surface area contributed by atoms with Crippen molar-refractivity contribution >= 4 is 23.7 Å². The predicted molar refractivity (Wildman–Crippen MR) is 85.5 cm³/mol. The van der Waals surface area contributed by atoms with Crippen LogP contribution in [0.15, 0.2) is 53.6 Å². The zero-order valence-corrected chi connectivity index (χ0v) is 12.3. The number of rotatable bonds is 4. The molecule has 118 valence electrons. The zero-order chi connectivity index (χ0) is 16.7. The first kappa shape index (κ1) is 16.0. The number of methoxy groups -OCH3 is 1. The molecule has 2 rings (SSSR count). The van der Waals surface area contributed by atoms with Gasteiger partial charge in [-0.05, 0) is 42.0 Å². The van der Waals surface area contributed by atoms with E-state index in [-0.39, 0.29) is 5.75 Å². The summed E-state index contributed by atoms with van der Waals surface area (Å²) in [6.45, 7) is 0. The van der Waals surface area contributed by atoms with Gasteiger partial charge in [-0.2, -0.15) is 5.10 Å². The molecule has 0 aliphatic rings. The van der Waals surface area contributed by atoms with Gasteiger partial charge in [0.05, 0.1) is 13.3 Å². The highest BCUT2D eigenvalue weighted by molar-refractivity contribution is 6.39. The Labute approximate surface area is 132 Å². The van der Waals surface area contributed by atoms with Crippen LogP contribution in [0.1, 0.15) is 5.56 Å². The van der Waals surface area contributed by atoms with Gasteiger partial charge in [0.2, 0.25) is 0 Å². The van der Waals surface area contributed by atoms with E-state index in [2.05, 4.69) is 15.8 Å². The Hall–Kier alpha value is -3.35. The lowest BCUT2D eigenvalue weighted by molar-refractivity contribution is -0.136. The van der Waals surface area contributed by atoms with E-state index in [0.717, 1.165) is 0 Å². The smallest absolute Gasteiger partial charge is 0.329 e. The SMILES string of the molecule is COc1ccc(NC(=O)C(=O)N/N=C\c2cccc(O)c2)cc1. The standard InChI is InChI=1S/C16H15N3O4/c1-23-14-7-5-12(6-8-14)18-15(21)16(22)19-17-10-11-3-2-4-13(20)9-11/h2-10,20H,1H3,(H,18,21)(H,19,22)/b17-10-. The van der Waals surface area contributed by atoms with E-state index in [1.54, 1.807) is 36.4 Å². The van der Waals surface area contributed by atoms with Crippen molar-refractivity contribution in [3.63, 3.8) is 0 Å². The van der Waals surface area contributed by atoms with E-state index in [9.17, 15) is 14.7 Å². The van der Waals surface area contributed by atoms with Crippen LogP contribution >= 0.6 is 0 Å². The number of nitrogens with one attached hydrogen (secondary N) is 2. The van der Waals surface area contributed by atoms with Gasteiger partial charge >= 0.3 is 11.8 Å². The fourth-order valence-corrected chi connectivity index (χ4v) is 1.68. The molecule has 0 radical (unpaired) electrons. The topological polar surface area (TPSA) is 100 Å². The maximum Gasteiger partial charge on any atom is 0.329 e. The highest BCUT2D eigenvalue weighted by atomic mass is 16.5. The average Bonchev–Trinajstić information content (AvgIpc) is 2.55. The first-order valence-corrected chi connectivity index (χ1v) is 6.66. The van der Waals surface area contributed by atoms with Crippen molar-refractivity contribution in [2.24, 2.45) is 5.10 Å². The maximum absolute atomic E-state index is 11.7. The second-order valence-electron chi connectivity index (χ2n) is 4.48. The summed E-state index contributed by atoms with van der Waals surface area (Å²) in [5, 5.41) is 15.4. The molecule has 0 aliphatic heterocycles. The van der Waals surface area contributed by atoms with Crippen molar-refractivity contribution in [1.29, 1.82) is 0 Å². The van der Waals surface area contributed by atoms with Gasteiger partial charge in [0.25, 0.3) is 0 Å². The molecule has 0 fully saturated rings. The fourth-order valence-electron chi connectivity index (χ4n) is 1.68. The van der Waals surface area contributed by atoms with Gasteiger partial charge in [-0.1, -0.05) is 12.1 Å². The molecule has 0 aliphatic carbocycles. The lowest BCUT2D eigenvalue weighted by Crippen LogP contribution is -2.32. The predicted octanol–water partition coefficient (Wildman–Crippen LogP) is 1.49. The first-order valence-electron chi connectivity index (χ1n) is 6.66. The maximum atomic E-state index is 11.7. The highest BCUT2D eigenvalue weighted by Gasteiger charge is 2.12. The van der Waals surface area contributed by atoms with Crippen molar-refractivity contribution < 1.29 is 19.4 Å². The molecule has 0 aromatic heterocycles. The van der Waals surface area contributed by atoms with Gasteiger partial charge in [-0.15, -0.1) is 0 Å². The quantitative estimate of drug-likeness (QED) is 0.452. The van der Waals surface area contributed by atoms with Crippen LogP contribution in [-0.4, -0.2) is 30.2 Å². The van der Waals surface area contributed by atoms with Crippen LogP contribution < -0.4 is 15.5 Å². The van der Waals surface area contributed by atoms with E-state index in [4.69, 9.17) is 4.74 Å². The third kappa shape index (κ3) is 4.85. The number of hydrazone groups is 1. The summed E-state index contributed by atoms with van der Waals surface area (Å²) in [5.41, 5.74) is 3.15. The number of hydrogen-bond donors (Lipinski definition) is 3. The van der Waals surface area contributed by atoms with Crippen LogP contribution in [0.5, 0.6) is 11.5 Å². The van der Waals surface area contributed by atoms with Gasteiger partial charge < -0.3 is 15.2 Å². The molecule has 2 aromatic rings. The average molecular weight is 313 g/mol. The number of nitrogens with zero attached hydrogens (tertiary/aromatic N) is 1. The molecule has 2 amide bonds. The number of benzene rings is 2. The van der Waals surface area contributed by atoms with E-state index in [1.165, 1.54) is 25.5 Å². The molecule has 0 unspecified atom stereocenters. The van der Waals surface area contributed by atoms with Crippen molar-refractivity contribution in [2.75, 3.05) is 12.4 Å². The number of anilines is 1. The lowest BCUT2D eigenvalue weighted by Gasteiger charge is -2.05. The summed E-state index contributed by atoms with van der Waals surface area (Å²) in [5.74, 6) is -1.03. The Balaban J connectivity index is 1.88. The summed E-state index contributed by atoms with van der Waals surface area (Å²) in [6, 6.07) is 12.8. The molecule has 2 aromatic carbocycles. The summed E-state index contributed by atoms with van der Waals surface area (Å²) >= 11 is 0. The Morgan fingerprint density at radius 1 is 1.13 bits per heavy atom.